The van der Waals surface area contributed by atoms with Crippen molar-refractivity contribution in [2.45, 2.75) is 38.9 Å². The van der Waals surface area contributed by atoms with Crippen molar-refractivity contribution in [1.29, 1.82) is 0 Å². The van der Waals surface area contributed by atoms with E-state index >= 15 is 0 Å². The van der Waals surface area contributed by atoms with E-state index in [4.69, 9.17) is 0 Å². The van der Waals surface area contributed by atoms with E-state index in [0.717, 1.165) is 24.5 Å². The van der Waals surface area contributed by atoms with Gasteiger partial charge < -0.3 is 10.2 Å². The van der Waals surface area contributed by atoms with E-state index in [1.807, 2.05) is 6.20 Å². The highest BCUT2D eigenvalue weighted by Gasteiger charge is 2.30. The first kappa shape index (κ1) is 18.8. The zero-order valence-electron chi connectivity index (χ0n) is 15.1. The second-order valence-electron chi connectivity index (χ2n) is 6.71. The maximum atomic E-state index is 13.0. The van der Waals surface area contributed by atoms with Crippen LogP contribution in [-0.4, -0.2) is 62.9 Å². The molecule has 0 unspecified atom stereocenters. The lowest BCUT2D eigenvalue weighted by Crippen LogP contribution is -2.56. The summed E-state index contributed by atoms with van der Waals surface area (Å²) in [6.07, 6.45) is 4.93. The quantitative estimate of drug-likeness (QED) is 0.855. The number of thiazole rings is 1. The van der Waals surface area contributed by atoms with Gasteiger partial charge in [-0.3, -0.25) is 9.69 Å². The van der Waals surface area contributed by atoms with Crippen LogP contribution in [0.3, 0.4) is 0 Å². The Morgan fingerprint density at radius 2 is 2.04 bits per heavy atom. The number of hydrogen-bond acceptors (Lipinski definition) is 7. The highest BCUT2D eigenvalue weighted by Crippen LogP contribution is 2.23. The van der Waals surface area contributed by atoms with Crippen LogP contribution >= 0.6 is 11.3 Å². The van der Waals surface area contributed by atoms with Crippen molar-refractivity contribution in [3.05, 3.63) is 35.1 Å². The number of carbonyl (C=O) groups excluding carboxylic acids is 1. The van der Waals surface area contributed by atoms with Gasteiger partial charge in [0.2, 0.25) is 5.91 Å². The molecule has 0 radical (unpaired) electrons. The molecule has 0 aromatic carbocycles. The lowest BCUT2D eigenvalue weighted by molar-refractivity contribution is -0.114. The Morgan fingerprint density at radius 3 is 2.73 bits per heavy atom. The summed E-state index contributed by atoms with van der Waals surface area (Å²) in [5, 5.41) is 3.35. The summed E-state index contributed by atoms with van der Waals surface area (Å²) in [7, 11) is 2.10. The minimum absolute atomic E-state index is 0.113. The Bertz CT molecular complexity index is 752. The van der Waals surface area contributed by atoms with Crippen molar-refractivity contribution in [1.82, 2.24) is 24.8 Å². The van der Waals surface area contributed by atoms with Gasteiger partial charge in [-0.1, -0.05) is 0 Å². The van der Waals surface area contributed by atoms with Crippen LogP contribution in [0.25, 0.3) is 0 Å². The molecule has 3 heterocycles. The van der Waals surface area contributed by atoms with Crippen molar-refractivity contribution >= 4 is 22.4 Å². The van der Waals surface area contributed by atoms with Crippen LogP contribution in [0.1, 0.15) is 24.5 Å². The average molecular weight is 378 g/mol. The molecule has 0 spiro atoms. The first-order valence-electron chi connectivity index (χ1n) is 8.53. The van der Waals surface area contributed by atoms with Gasteiger partial charge in [-0.25, -0.2) is 19.3 Å². The van der Waals surface area contributed by atoms with Crippen LogP contribution < -0.4 is 5.32 Å². The van der Waals surface area contributed by atoms with E-state index < -0.39 is 5.82 Å². The Morgan fingerprint density at radius 1 is 1.31 bits per heavy atom. The molecule has 7 nitrogen and oxygen atoms in total. The number of hydrogen-bond donors (Lipinski definition) is 1. The standard InChI is InChI=1S/C17H23FN6OS/c1-11-8-23(3)14(4-16-19-5-13(18)6-20-16)9-24(11)10-15-7-21-17(26-15)22-12(2)25/h5-7,11,14H,4,8-10H2,1-3H3,(H,21,22,25)/t11-,14+/m0/s1. The van der Waals surface area contributed by atoms with Gasteiger partial charge >= 0.3 is 0 Å². The maximum absolute atomic E-state index is 13.0. The molecule has 1 aliphatic heterocycles. The molecule has 0 bridgehead atoms. The molecule has 1 fully saturated rings. The first-order valence-corrected chi connectivity index (χ1v) is 9.35. The van der Waals surface area contributed by atoms with Crippen molar-refractivity contribution in [3.8, 4) is 0 Å². The number of aromatic nitrogens is 3. The SMILES string of the molecule is CC(=O)Nc1ncc(CN2C[C@@H](Cc3ncc(F)cn3)N(C)C[C@@H]2C)s1. The monoisotopic (exact) mass is 378 g/mol. The Labute approximate surface area is 156 Å². The van der Waals surface area contributed by atoms with Gasteiger partial charge in [-0.05, 0) is 14.0 Å². The van der Waals surface area contributed by atoms with Crippen LogP contribution in [0, 0.1) is 5.82 Å². The van der Waals surface area contributed by atoms with Crippen LogP contribution in [0.5, 0.6) is 0 Å². The van der Waals surface area contributed by atoms with Crippen molar-refractivity contribution < 1.29 is 9.18 Å². The second-order valence-corrected chi connectivity index (χ2v) is 7.82. The molecule has 9 heteroatoms. The fourth-order valence-electron chi connectivity index (χ4n) is 3.16. The predicted molar refractivity (Wildman–Crippen MR) is 98.4 cm³/mol. The van der Waals surface area contributed by atoms with Gasteiger partial charge in [0.15, 0.2) is 10.9 Å². The Balaban J connectivity index is 1.64. The predicted octanol–water partition coefficient (Wildman–Crippen LogP) is 1.78. The number of halogens is 1. The molecule has 2 atom stereocenters. The van der Waals surface area contributed by atoms with Gasteiger partial charge in [0, 0.05) is 56.1 Å². The van der Waals surface area contributed by atoms with Crippen LogP contribution in [0.4, 0.5) is 9.52 Å². The molecule has 1 amide bonds. The fraction of sp³-hybridized carbons (Fsp3) is 0.529. The minimum atomic E-state index is -0.416. The lowest BCUT2D eigenvalue weighted by atomic mass is 10.0. The van der Waals surface area contributed by atoms with Gasteiger partial charge in [0.1, 0.15) is 5.82 Å². The molecule has 26 heavy (non-hydrogen) atoms. The third-order valence-electron chi connectivity index (χ3n) is 4.53. The molecular weight excluding hydrogens is 355 g/mol. The molecule has 1 aliphatic rings. The number of nitrogens with one attached hydrogen (secondary N) is 1. The van der Waals surface area contributed by atoms with Crippen molar-refractivity contribution in [2.24, 2.45) is 0 Å². The molecular formula is C17H23FN6OS. The third-order valence-corrected chi connectivity index (χ3v) is 5.43. The third kappa shape index (κ3) is 4.80. The topological polar surface area (TPSA) is 74.2 Å². The smallest absolute Gasteiger partial charge is 0.223 e. The van der Waals surface area contributed by atoms with E-state index in [9.17, 15) is 9.18 Å². The second kappa shape index (κ2) is 8.15. The first-order chi connectivity index (χ1) is 12.4. The van der Waals surface area contributed by atoms with Gasteiger partial charge in [0.05, 0.1) is 12.4 Å². The zero-order valence-corrected chi connectivity index (χ0v) is 16.0. The lowest BCUT2D eigenvalue weighted by Gasteiger charge is -2.43. The molecule has 3 rings (SSSR count). The number of likely N-dealkylation sites (N-methyl/N-ethyl adjacent to an activating group) is 1. The number of piperazine rings is 1. The van der Waals surface area contributed by atoms with E-state index in [2.05, 4.69) is 44.0 Å². The Hall–Kier alpha value is -1.97. The number of rotatable bonds is 5. The fourth-order valence-corrected chi connectivity index (χ4v) is 4.04. The van der Waals surface area contributed by atoms with Crippen LogP contribution in [0.2, 0.25) is 0 Å². The normalized spacial score (nSPS) is 21.7. The molecule has 1 N–H and O–H groups in total. The summed E-state index contributed by atoms with van der Waals surface area (Å²) in [6, 6.07) is 0.663. The van der Waals surface area contributed by atoms with Gasteiger partial charge in [0.25, 0.3) is 0 Å². The van der Waals surface area contributed by atoms with E-state index in [1.165, 1.54) is 30.7 Å². The zero-order chi connectivity index (χ0) is 18.7. The molecule has 0 aliphatic carbocycles. The molecule has 140 valence electrons. The molecule has 2 aromatic rings. The molecule has 2 aromatic heterocycles. The van der Waals surface area contributed by atoms with E-state index in [1.54, 1.807) is 0 Å². The van der Waals surface area contributed by atoms with E-state index in [-0.39, 0.29) is 11.9 Å². The summed E-state index contributed by atoms with van der Waals surface area (Å²) < 4.78 is 13.0. The van der Waals surface area contributed by atoms with Crippen LogP contribution in [-0.2, 0) is 17.8 Å². The van der Waals surface area contributed by atoms with Crippen molar-refractivity contribution in [3.63, 3.8) is 0 Å². The van der Waals surface area contributed by atoms with E-state index in [0.29, 0.717) is 23.4 Å². The highest BCUT2D eigenvalue weighted by molar-refractivity contribution is 7.15. The maximum Gasteiger partial charge on any atom is 0.223 e. The number of nitrogens with zero attached hydrogens (tertiary/aromatic N) is 5. The number of anilines is 1. The Kier molecular flexibility index (Phi) is 5.90. The highest BCUT2D eigenvalue weighted by atomic mass is 32.1. The number of amides is 1. The summed E-state index contributed by atoms with van der Waals surface area (Å²) in [4.78, 5) is 29.4. The number of carbonyl (C=O) groups is 1. The van der Waals surface area contributed by atoms with Crippen LogP contribution in [0.15, 0.2) is 18.6 Å². The summed E-state index contributed by atoms with van der Waals surface area (Å²) in [6.45, 7) is 6.27. The average Bonchev–Trinajstić information content (AvgIpc) is 3.00. The molecule has 1 saturated heterocycles. The van der Waals surface area contributed by atoms with Crippen molar-refractivity contribution in [2.75, 3.05) is 25.5 Å². The van der Waals surface area contributed by atoms with Gasteiger partial charge in [-0.15, -0.1) is 11.3 Å². The molecule has 0 saturated carbocycles. The minimum Gasteiger partial charge on any atom is -0.302 e. The largest absolute Gasteiger partial charge is 0.302 e. The van der Waals surface area contributed by atoms with Gasteiger partial charge in [-0.2, -0.15) is 0 Å². The summed E-state index contributed by atoms with van der Waals surface area (Å²) >= 11 is 1.50. The summed E-state index contributed by atoms with van der Waals surface area (Å²) in [5.74, 6) is 0.128. The summed E-state index contributed by atoms with van der Waals surface area (Å²) in [5.41, 5.74) is 0.